The van der Waals surface area contributed by atoms with Crippen molar-refractivity contribution in [2.75, 3.05) is 5.32 Å². The van der Waals surface area contributed by atoms with Crippen molar-refractivity contribution in [1.82, 2.24) is 15.3 Å². The number of amides is 1. The van der Waals surface area contributed by atoms with E-state index in [0.717, 1.165) is 16.8 Å². The fraction of sp³-hybridized carbons (Fsp3) is 0.167. The van der Waals surface area contributed by atoms with Gasteiger partial charge in [0, 0.05) is 6.07 Å². The van der Waals surface area contributed by atoms with Gasteiger partial charge in [0.25, 0.3) is 5.91 Å². The summed E-state index contributed by atoms with van der Waals surface area (Å²) in [6.45, 7) is 4.23. The first-order chi connectivity index (χ1) is 12.0. The summed E-state index contributed by atoms with van der Waals surface area (Å²) < 4.78 is 5.18. The van der Waals surface area contributed by atoms with Gasteiger partial charge in [0.1, 0.15) is 23.6 Å². The van der Waals surface area contributed by atoms with Crippen molar-refractivity contribution in [3.05, 3.63) is 70.5 Å². The van der Waals surface area contributed by atoms with Gasteiger partial charge in [0.15, 0.2) is 0 Å². The van der Waals surface area contributed by atoms with Crippen LogP contribution in [0.4, 0.5) is 11.5 Å². The van der Waals surface area contributed by atoms with Crippen LogP contribution in [0.15, 0.2) is 47.3 Å². The molecule has 3 aromatic rings. The summed E-state index contributed by atoms with van der Waals surface area (Å²) in [5.74, 6) is 0.850. The highest BCUT2D eigenvalue weighted by Gasteiger charge is 2.11. The fourth-order valence-electron chi connectivity index (χ4n) is 2.42. The van der Waals surface area contributed by atoms with E-state index in [2.05, 4.69) is 20.6 Å². The SMILES string of the molecule is Cc1cc(C)c(Nc2cc(C(=O)NCc3ccco3)ncn2)c(Cl)c1. The zero-order valence-corrected chi connectivity index (χ0v) is 14.6. The molecule has 2 heterocycles. The Balaban J connectivity index is 1.74. The van der Waals surface area contributed by atoms with Crippen LogP contribution in [-0.2, 0) is 6.54 Å². The summed E-state index contributed by atoms with van der Waals surface area (Å²) >= 11 is 6.30. The van der Waals surface area contributed by atoms with E-state index in [1.165, 1.54) is 6.33 Å². The second-order valence-electron chi connectivity index (χ2n) is 5.61. The lowest BCUT2D eigenvalue weighted by Gasteiger charge is -2.12. The van der Waals surface area contributed by atoms with Crippen molar-refractivity contribution in [2.24, 2.45) is 0 Å². The molecule has 3 rings (SSSR count). The Morgan fingerprint density at radius 1 is 1.24 bits per heavy atom. The number of aromatic nitrogens is 2. The number of carbonyl (C=O) groups excluding carboxylic acids is 1. The molecule has 2 aromatic heterocycles. The minimum atomic E-state index is -0.312. The highest BCUT2D eigenvalue weighted by atomic mass is 35.5. The molecular weight excluding hydrogens is 340 g/mol. The van der Waals surface area contributed by atoms with E-state index in [-0.39, 0.29) is 11.6 Å². The Bertz CT molecular complexity index is 871. The van der Waals surface area contributed by atoms with Gasteiger partial charge in [-0.15, -0.1) is 0 Å². The quantitative estimate of drug-likeness (QED) is 0.721. The molecule has 0 aliphatic rings. The van der Waals surface area contributed by atoms with Gasteiger partial charge in [-0.2, -0.15) is 0 Å². The Morgan fingerprint density at radius 2 is 2.08 bits per heavy atom. The van der Waals surface area contributed by atoms with E-state index in [1.807, 2.05) is 26.0 Å². The van der Waals surface area contributed by atoms with Crippen LogP contribution in [0.2, 0.25) is 5.02 Å². The molecule has 0 radical (unpaired) electrons. The number of furan rings is 1. The summed E-state index contributed by atoms with van der Waals surface area (Å²) in [7, 11) is 0. The van der Waals surface area contributed by atoms with E-state index in [9.17, 15) is 4.79 Å². The summed E-state index contributed by atoms with van der Waals surface area (Å²) in [6, 6.07) is 9.02. The molecule has 0 unspecified atom stereocenters. The monoisotopic (exact) mass is 356 g/mol. The zero-order valence-electron chi connectivity index (χ0n) is 13.8. The second kappa shape index (κ2) is 7.36. The smallest absolute Gasteiger partial charge is 0.270 e. The molecule has 0 aliphatic heterocycles. The lowest BCUT2D eigenvalue weighted by molar-refractivity contribution is 0.0943. The molecular formula is C18H17ClN4O2. The minimum absolute atomic E-state index is 0.255. The number of hydrogen-bond acceptors (Lipinski definition) is 5. The first-order valence-electron chi connectivity index (χ1n) is 7.69. The van der Waals surface area contributed by atoms with Crippen LogP contribution in [0.3, 0.4) is 0 Å². The van der Waals surface area contributed by atoms with Gasteiger partial charge in [-0.3, -0.25) is 4.79 Å². The molecule has 0 fully saturated rings. The van der Waals surface area contributed by atoms with E-state index in [0.29, 0.717) is 23.1 Å². The number of benzene rings is 1. The average molecular weight is 357 g/mol. The molecule has 6 nitrogen and oxygen atoms in total. The highest BCUT2D eigenvalue weighted by Crippen LogP contribution is 2.29. The Kier molecular flexibility index (Phi) is 5.00. The number of rotatable bonds is 5. The van der Waals surface area contributed by atoms with Gasteiger partial charge in [-0.05, 0) is 43.2 Å². The summed E-state index contributed by atoms with van der Waals surface area (Å²) in [5.41, 5.74) is 3.08. The number of hydrogen-bond donors (Lipinski definition) is 2. The molecule has 0 saturated heterocycles. The normalized spacial score (nSPS) is 10.5. The first kappa shape index (κ1) is 17.0. The van der Waals surface area contributed by atoms with E-state index >= 15 is 0 Å². The molecule has 2 N–H and O–H groups in total. The van der Waals surface area contributed by atoms with Crippen LogP contribution < -0.4 is 10.6 Å². The third-order valence-electron chi connectivity index (χ3n) is 3.59. The van der Waals surface area contributed by atoms with Crippen LogP contribution in [0, 0.1) is 13.8 Å². The maximum atomic E-state index is 12.2. The van der Waals surface area contributed by atoms with E-state index in [4.69, 9.17) is 16.0 Å². The van der Waals surface area contributed by atoms with Crippen LogP contribution in [0.25, 0.3) is 0 Å². The molecule has 1 aromatic carbocycles. The number of nitrogens with zero attached hydrogens (tertiary/aromatic N) is 2. The molecule has 7 heteroatoms. The third-order valence-corrected chi connectivity index (χ3v) is 3.89. The van der Waals surface area contributed by atoms with Crippen LogP contribution in [0.5, 0.6) is 0 Å². The lowest BCUT2D eigenvalue weighted by atomic mass is 10.1. The van der Waals surface area contributed by atoms with Crippen LogP contribution in [-0.4, -0.2) is 15.9 Å². The standard InChI is InChI=1S/C18H17ClN4O2/c1-11-6-12(2)17(14(19)7-11)23-16-8-15(21-10-22-16)18(24)20-9-13-4-3-5-25-13/h3-8,10H,9H2,1-2H3,(H,20,24)(H,21,22,23). The van der Waals surface area contributed by atoms with Gasteiger partial charge in [0.2, 0.25) is 0 Å². The average Bonchev–Trinajstić information content (AvgIpc) is 3.10. The Labute approximate surface area is 150 Å². The number of nitrogens with one attached hydrogen (secondary N) is 2. The molecule has 0 aliphatic carbocycles. The predicted octanol–water partition coefficient (Wildman–Crippen LogP) is 4.01. The van der Waals surface area contributed by atoms with Crippen LogP contribution in [0.1, 0.15) is 27.4 Å². The Hall–Kier alpha value is -2.86. The fourth-order valence-corrected chi connectivity index (χ4v) is 2.79. The van der Waals surface area contributed by atoms with Crippen molar-refractivity contribution in [3.8, 4) is 0 Å². The largest absolute Gasteiger partial charge is 0.467 e. The molecule has 0 saturated carbocycles. The summed E-state index contributed by atoms with van der Waals surface area (Å²) in [6.07, 6.45) is 2.89. The van der Waals surface area contributed by atoms with Crippen molar-refractivity contribution in [3.63, 3.8) is 0 Å². The topological polar surface area (TPSA) is 80.0 Å². The van der Waals surface area contributed by atoms with Gasteiger partial charge in [-0.1, -0.05) is 17.7 Å². The van der Waals surface area contributed by atoms with Gasteiger partial charge in [0.05, 0.1) is 23.5 Å². The molecule has 25 heavy (non-hydrogen) atoms. The Morgan fingerprint density at radius 3 is 2.80 bits per heavy atom. The first-order valence-corrected chi connectivity index (χ1v) is 8.07. The molecule has 0 spiro atoms. The maximum absolute atomic E-state index is 12.2. The van der Waals surface area contributed by atoms with Gasteiger partial charge < -0.3 is 15.1 Å². The predicted molar refractivity (Wildman–Crippen MR) is 96.1 cm³/mol. The number of carbonyl (C=O) groups is 1. The van der Waals surface area contributed by atoms with Crippen molar-refractivity contribution in [1.29, 1.82) is 0 Å². The van der Waals surface area contributed by atoms with Crippen LogP contribution >= 0.6 is 11.6 Å². The van der Waals surface area contributed by atoms with Crippen molar-refractivity contribution < 1.29 is 9.21 Å². The van der Waals surface area contributed by atoms with Crippen molar-refractivity contribution >= 4 is 29.0 Å². The second-order valence-corrected chi connectivity index (χ2v) is 6.02. The number of halogens is 1. The minimum Gasteiger partial charge on any atom is -0.467 e. The van der Waals surface area contributed by atoms with Crippen molar-refractivity contribution in [2.45, 2.75) is 20.4 Å². The van der Waals surface area contributed by atoms with Gasteiger partial charge >= 0.3 is 0 Å². The van der Waals surface area contributed by atoms with E-state index in [1.54, 1.807) is 24.5 Å². The van der Waals surface area contributed by atoms with E-state index < -0.39 is 0 Å². The third kappa shape index (κ3) is 4.16. The maximum Gasteiger partial charge on any atom is 0.270 e. The zero-order chi connectivity index (χ0) is 17.8. The summed E-state index contributed by atoms with van der Waals surface area (Å²) in [4.78, 5) is 20.4. The molecule has 1 amide bonds. The molecule has 128 valence electrons. The number of anilines is 2. The number of aryl methyl sites for hydroxylation is 2. The molecule has 0 atom stereocenters. The summed E-state index contributed by atoms with van der Waals surface area (Å²) in [5, 5.41) is 6.49. The molecule has 0 bridgehead atoms. The lowest BCUT2D eigenvalue weighted by Crippen LogP contribution is -2.23. The van der Waals surface area contributed by atoms with Gasteiger partial charge in [-0.25, -0.2) is 9.97 Å². The highest BCUT2D eigenvalue weighted by molar-refractivity contribution is 6.33.